The Kier molecular flexibility index (Phi) is 7.07. The number of aryl methyl sites for hydroxylation is 1. The van der Waals surface area contributed by atoms with Gasteiger partial charge in [-0.15, -0.1) is 0 Å². The smallest absolute Gasteiger partial charge is 0.338 e. The predicted molar refractivity (Wildman–Crippen MR) is 164 cm³/mol. The third-order valence-electron chi connectivity index (χ3n) is 7.38. The van der Waals surface area contributed by atoms with Crippen LogP contribution in [0.3, 0.4) is 0 Å². The highest BCUT2D eigenvalue weighted by Gasteiger charge is 2.57. The van der Waals surface area contributed by atoms with Gasteiger partial charge in [0.1, 0.15) is 28.9 Å². The number of hydrogen-bond acceptors (Lipinski definition) is 3. The van der Waals surface area contributed by atoms with Crippen molar-refractivity contribution in [2.75, 3.05) is 6.16 Å². The topological polar surface area (TPSA) is 35.5 Å². The Balaban J connectivity index is 1.61. The number of rotatable bonds is 7. The minimum Gasteiger partial charge on any atom is -0.444 e. The van der Waals surface area contributed by atoms with E-state index in [0.29, 0.717) is 11.9 Å². The van der Waals surface area contributed by atoms with Gasteiger partial charge in [0.2, 0.25) is 0 Å². The number of hydrogen-bond donors (Lipinski definition) is 0. The molecule has 0 radical (unpaired) electrons. The third-order valence-corrected chi connectivity index (χ3v) is 11.8. The van der Waals surface area contributed by atoms with Crippen molar-refractivity contribution in [2.45, 2.75) is 12.7 Å². The number of carbonyl (C=O) groups excluding carboxylic acids is 1. The summed E-state index contributed by atoms with van der Waals surface area (Å²) < 4.78 is 13.3. The van der Waals surface area contributed by atoms with E-state index in [9.17, 15) is 4.79 Å². The van der Waals surface area contributed by atoms with Crippen LogP contribution in [0.1, 0.15) is 16.7 Å². The highest BCUT2D eigenvalue weighted by atomic mass is 31.2. The predicted octanol–water partition coefficient (Wildman–Crippen LogP) is 6.76. The molecule has 1 aliphatic heterocycles. The SMILES string of the molecule is Cc1ccc(C2=CC(=O)OC(C[P+](c3ccccc3)(c3ccccc3)c3ccccc3)(c3ccccc3)O2)cc1. The van der Waals surface area contributed by atoms with E-state index in [4.69, 9.17) is 9.47 Å². The van der Waals surface area contributed by atoms with Crippen LogP contribution in [0, 0.1) is 6.92 Å². The Labute approximate surface area is 236 Å². The van der Waals surface area contributed by atoms with Crippen LogP contribution in [0.15, 0.2) is 152 Å². The van der Waals surface area contributed by atoms with Crippen LogP contribution in [0.25, 0.3) is 5.76 Å². The highest BCUT2D eigenvalue weighted by molar-refractivity contribution is 7.95. The lowest BCUT2D eigenvalue weighted by Crippen LogP contribution is -2.47. The first kappa shape index (κ1) is 25.8. The Bertz CT molecular complexity index is 1520. The Morgan fingerprint density at radius 2 is 1.02 bits per heavy atom. The molecule has 5 aromatic rings. The van der Waals surface area contributed by atoms with Crippen molar-refractivity contribution in [1.29, 1.82) is 0 Å². The van der Waals surface area contributed by atoms with E-state index in [0.717, 1.165) is 16.7 Å². The third kappa shape index (κ3) is 4.85. The van der Waals surface area contributed by atoms with Gasteiger partial charge in [-0.25, -0.2) is 4.79 Å². The van der Waals surface area contributed by atoms with Gasteiger partial charge >= 0.3 is 11.8 Å². The second-order valence-corrected chi connectivity index (χ2v) is 13.5. The maximum Gasteiger partial charge on any atom is 0.338 e. The van der Waals surface area contributed by atoms with Gasteiger partial charge in [-0.1, -0.05) is 115 Å². The number of benzene rings is 5. The van der Waals surface area contributed by atoms with Gasteiger partial charge in [0.25, 0.3) is 0 Å². The molecule has 6 rings (SSSR count). The van der Waals surface area contributed by atoms with Gasteiger partial charge in [0.15, 0.2) is 6.16 Å². The highest BCUT2D eigenvalue weighted by Crippen LogP contribution is 2.60. The van der Waals surface area contributed by atoms with Crippen molar-refractivity contribution in [3.05, 3.63) is 168 Å². The molecule has 0 aromatic heterocycles. The lowest BCUT2D eigenvalue weighted by Gasteiger charge is -2.40. The molecule has 5 aromatic carbocycles. The fraction of sp³-hybridized carbons (Fsp3) is 0.0833. The Morgan fingerprint density at radius 3 is 1.50 bits per heavy atom. The Hall–Kier alpha value is -4.46. The van der Waals surface area contributed by atoms with Crippen molar-refractivity contribution in [3.8, 4) is 0 Å². The average Bonchev–Trinajstić information content (AvgIpc) is 3.02. The van der Waals surface area contributed by atoms with Crippen molar-refractivity contribution in [1.82, 2.24) is 0 Å². The van der Waals surface area contributed by atoms with E-state index in [2.05, 4.69) is 72.8 Å². The molecule has 1 atom stereocenters. The molecule has 4 heteroatoms. The molecule has 0 amide bonds. The summed E-state index contributed by atoms with van der Waals surface area (Å²) in [5, 5.41) is 3.57. The van der Waals surface area contributed by atoms with Crippen molar-refractivity contribution in [3.63, 3.8) is 0 Å². The number of cyclic esters (lactones) is 1. The first-order valence-electron chi connectivity index (χ1n) is 13.4. The largest absolute Gasteiger partial charge is 0.444 e. The van der Waals surface area contributed by atoms with E-state index < -0.39 is 19.0 Å². The standard InChI is InChI=1S/C36H30O3P/c1-28-22-24-29(25-23-28)34-26-35(37)39-36(38-34,30-14-6-2-7-15-30)27-40(31-16-8-3-9-17-31,32-18-10-4-11-19-32)33-20-12-5-13-21-33/h2-26H,27H2,1H3/q+1. The van der Waals surface area contributed by atoms with E-state index in [-0.39, 0.29) is 0 Å². The van der Waals surface area contributed by atoms with Gasteiger partial charge in [-0.3, -0.25) is 0 Å². The summed E-state index contributed by atoms with van der Waals surface area (Å²) in [5.41, 5.74) is 2.78. The quantitative estimate of drug-likeness (QED) is 0.169. The van der Waals surface area contributed by atoms with Crippen molar-refractivity contribution < 1.29 is 14.3 Å². The van der Waals surface area contributed by atoms with E-state index in [1.807, 2.05) is 79.7 Å². The van der Waals surface area contributed by atoms with E-state index in [1.54, 1.807) is 0 Å². The van der Waals surface area contributed by atoms with E-state index in [1.165, 1.54) is 22.0 Å². The summed E-state index contributed by atoms with van der Waals surface area (Å²) in [4.78, 5) is 13.4. The normalized spacial score (nSPS) is 16.9. The number of carbonyl (C=O) groups is 1. The molecular weight excluding hydrogens is 511 g/mol. The molecule has 0 N–H and O–H groups in total. The molecule has 1 heterocycles. The van der Waals surface area contributed by atoms with Crippen molar-refractivity contribution >= 4 is 34.9 Å². The van der Waals surface area contributed by atoms with Crippen LogP contribution in [0.2, 0.25) is 0 Å². The monoisotopic (exact) mass is 541 g/mol. The van der Waals surface area contributed by atoms with Crippen LogP contribution in [-0.2, 0) is 20.1 Å². The fourth-order valence-corrected chi connectivity index (χ4v) is 9.86. The molecule has 0 saturated heterocycles. The molecule has 0 bridgehead atoms. The minimum absolute atomic E-state index is 0.419. The average molecular weight is 542 g/mol. The molecule has 196 valence electrons. The maximum absolute atomic E-state index is 13.4. The lowest BCUT2D eigenvalue weighted by atomic mass is 10.0. The number of ether oxygens (including phenoxy) is 2. The van der Waals surface area contributed by atoms with Gasteiger partial charge in [-0.05, 0) is 43.3 Å². The second-order valence-electron chi connectivity index (χ2n) is 9.99. The Morgan fingerprint density at radius 1 is 0.575 bits per heavy atom. The van der Waals surface area contributed by atoms with Crippen LogP contribution >= 0.6 is 7.26 Å². The summed E-state index contributed by atoms with van der Waals surface area (Å²) in [6, 6.07) is 49.6. The van der Waals surface area contributed by atoms with Crippen LogP contribution in [0.4, 0.5) is 0 Å². The maximum atomic E-state index is 13.4. The summed E-state index contributed by atoms with van der Waals surface area (Å²) in [6.07, 6.45) is 1.89. The van der Waals surface area contributed by atoms with Crippen LogP contribution < -0.4 is 15.9 Å². The van der Waals surface area contributed by atoms with Gasteiger partial charge in [-0.2, -0.15) is 0 Å². The second kappa shape index (κ2) is 11.0. The molecule has 0 spiro atoms. The fourth-order valence-electron chi connectivity index (χ4n) is 5.43. The summed E-state index contributed by atoms with van der Waals surface area (Å²) in [6.45, 7) is 2.04. The molecule has 3 nitrogen and oxygen atoms in total. The summed E-state index contributed by atoms with van der Waals surface area (Å²) in [5.74, 6) is -1.27. The number of esters is 1. The lowest BCUT2D eigenvalue weighted by molar-refractivity contribution is -0.204. The van der Waals surface area contributed by atoms with Crippen molar-refractivity contribution in [2.24, 2.45) is 0 Å². The first-order chi connectivity index (χ1) is 19.6. The zero-order valence-electron chi connectivity index (χ0n) is 22.3. The molecule has 0 saturated carbocycles. The van der Waals surface area contributed by atoms with Crippen LogP contribution in [-0.4, -0.2) is 12.1 Å². The first-order valence-corrected chi connectivity index (χ1v) is 15.4. The molecule has 40 heavy (non-hydrogen) atoms. The van der Waals surface area contributed by atoms with Gasteiger partial charge in [0.05, 0.1) is 6.08 Å². The molecule has 0 aliphatic carbocycles. The zero-order valence-corrected chi connectivity index (χ0v) is 23.2. The molecular formula is C36H30O3P+. The van der Waals surface area contributed by atoms with E-state index >= 15 is 0 Å². The van der Waals surface area contributed by atoms with Gasteiger partial charge in [0, 0.05) is 11.1 Å². The molecule has 1 unspecified atom stereocenters. The summed E-state index contributed by atoms with van der Waals surface area (Å²) >= 11 is 0. The van der Waals surface area contributed by atoms with Crippen LogP contribution in [0.5, 0.6) is 0 Å². The van der Waals surface area contributed by atoms with Gasteiger partial charge < -0.3 is 9.47 Å². The minimum atomic E-state index is -2.43. The molecule has 1 aliphatic rings. The summed E-state index contributed by atoms with van der Waals surface area (Å²) in [7, 11) is -2.43. The zero-order chi connectivity index (χ0) is 27.4. The molecule has 0 fully saturated rings.